The molecule has 1 aromatic heterocycles. The monoisotopic (exact) mass is 328 g/mol. The van der Waals surface area contributed by atoms with E-state index in [1.165, 1.54) is 17.8 Å². The van der Waals surface area contributed by atoms with Gasteiger partial charge in [-0.25, -0.2) is 4.98 Å². The van der Waals surface area contributed by atoms with Gasteiger partial charge in [0.1, 0.15) is 10.7 Å². The van der Waals surface area contributed by atoms with Crippen molar-refractivity contribution in [1.82, 2.24) is 4.98 Å². The minimum Gasteiger partial charge on any atom is -0.389 e. The van der Waals surface area contributed by atoms with Crippen LogP contribution in [0.3, 0.4) is 0 Å². The Morgan fingerprint density at radius 1 is 1.41 bits per heavy atom. The Hall–Kier alpha value is -0.580. The van der Waals surface area contributed by atoms with Gasteiger partial charge in [-0.2, -0.15) is 0 Å². The van der Waals surface area contributed by atoms with Gasteiger partial charge in [0.15, 0.2) is 0 Å². The first-order valence-corrected chi connectivity index (χ1v) is 7.35. The first-order valence-electron chi connectivity index (χ1n) is 5.37. The number of thiazole rings is 1. The highest BCUT2D eigenvalue weighted by Gasteiger charge is 2.28. The summed E-state index contributed by atoms with van der Waals surface area (Å²) in [4.78, 5) is 4.64. The molecule has 0 bridgehead atoms. The molecule has 1 saturated carbocycles. The fraction of sp³-hybridized carbons (Fsp3) is 0.250. The zero-order valence-corrected chi connectivity index (χ0v) is 12.1. The lowest BCUT2D eigenvalue weighted by atomic mass is 10.2. The third-order valence-corrected chi connectivity index (χ3v) is 5.05. The molecule has 2 nitrogen and oxygen atoms in total. The Morgan fingerprint density at radius 3 is 2.82 bits per heavy atom. The normalized spacial score (nSPS) is 15.2. The molecular formula is C12H10BrClN2S. The quantitative estimate of drug-likeness (QED) is 0.868. The van der Waals surface area contributed by atoms with Crippen molar-refractivity contribution in [3.8, 4) is 11.3 Å². The highest BCUT2D eigenvalue weighted by Crippen LogP contribution is 2.45. The molecule has 2 aromatic rings. The molecule has 3 rings (SSSR count). The molecule has 0 aliphatic heterocycles. The minimum atomic E-state index is 0.645. The van der Waals surface area contributed by atoms with Crippen LogP contribution >= 0.6 is 38.9 Å². The molecule has 2 N–H and O–H groups in total. The number of nitrogens with two attached hydrogens (primary N) is 1. The second kappa shape index (κ2) is 4.26. The number of benzene rings is 1. The van der Waals surface area contributed by atoms with E-state index in [1.807, 2.05) is 18.2 Å². The van der Waals surface area contributed by atoms with Crippen LogP contribution in [-0.2, 0) is 0 Å². The molecule has 1 heterocycles. The Morgan fingerprint density at radius 2 is 2.18 bits per heavy atom. The van der Waals surface area contributed by atoms with E-state index in [4.69, 9.17) is 17.3 Å². The third-order valence-electron chi connectivity index (χ3n) is 2.79. The Bertz CT molecular complexity index is 578. The van der Waals surface area contributed by atoms with Crippen LogP contribution in [0.4, 0.5) is 5.00 Å². The van der Waals surface area contributed by atoms with Crippen molar-refractivity contribution in [2.75, 3.05) is 5.73 Å². The van der Waals surface area contributed by atoms with Crippen LogP contribution in [0, 0.1) is 0 Å². The molecule has 0 amide bonds. The predicted octanol–water partition coefficient (Wildman–Crippen LogP) is 4.69. The summed E-state index contributed by atoms with van der Waals surface area (Å²) < 4.78 is 0.872. The minimum absolute atomic E-state index is 0.645. The summed E-state index contributed by atoms with van der Waals surface area (Å²) in [5, 5.41) is 2.66. The van der Waals surface area contributed by atoms with Crippen molar-refractivity contribution in [2.45, 2.75) is 18.8 Å². The van der Waals surface area contributed by atoms with Gasteiger partial charge in [-0.15, -0.1) is 11.3 Å². The summed E-state index contributed by atoms with van der Waals surface area (Å²) in [6.45, 7) is 0. The van der Waals surface area contributed by atoms with E-state index in [0.717, 1.165) is 20.7 Å². The number of nitrogen functional groups attached to an aromatic ring is 1. The molecule has 1 aliphatic rings. The van der Waals surface area contributed by atoms with E-state index in [-0.39, 0.29) is 0 Å². The van der Waals surface area contributed by atoms with Gasteiger partial charge >= 0.3 is 0 Å². The Labute approximate surface area is 117 Å². The number of aromatic nitrogens is 1. The average Bonchev–Trinajstić information content (AvgIpc) is 3.07. The molecule has 0 atom stereocenters. The number of hydrogen-bond acceptors (Lipinski definition) is 3. The van der Waals surface area contributed by atoms with Crippen molar-refractivity contribution in [3.63, 3.8) is 0 Å². The SMILES string of the molecule is Nc1sc(C2CC2)nc1-c1ccc(Cl)c(Br)c1. The number of nitrogens with zero attached hydrogens (tertiary/aromatic N) is 1. The Balaban J connectivity index is 2.04. The highest BCUT2D eigenvalue weighted by molar-refractivity contribution is 9.10. The summed E-state index contributed by atoms with van der Waals surface area (Å²) in [6, 6.07) is 5.77. The van der Waals surface area contributed by atoms with E-state index in [1.54, 1.807) is 11.3 Å². The number of halogens is 2. The average molecular weight is 330 g/mol. The van der Waals surface area contributed by atoms with Crippen molar-refractivity contribution >= 4 is 43.9 Å². The van der Waals surface area contributed by atoms with Gasteiger partial charge in [0.05, 0.1) is 10.0 Å². The van der Waals surface area contributed by atoms with Gasteiger partial charge in [0.25, 0.3) is 0 Å². The molecule has 0 saturated heterocycles. The summed E-state index contributed by atoms with van der Waals surface area (Å²) in [6.07, 6.45) is 2.49. The lowest BCUT2D eigenvalue weighted by Gasteiger charge is -2.01. The van der Waals surface area contributed by atoms with Gasteiger partial charge in [0.2, 0.25) is 0 Å². The molecule has 5 heteroatoms. The largest absolute Gasteiger partial charge is 0.389 e. The first kappa shape index (κ1) is 11.5. The van der Waals surface area contributed by atoms with Gasteiger partial charge in [-0.1, -0.05) is 17.7 Å². The maximum Gasteiger partial charge on any atom is 0.114 e. The van der Waals surface area contributed by atoms with Gasteiger partial charge in [-0.05, 0) is 40.9 Å². The van der Waals surface area contributed by atoms with Crippen molar-refractivity contribution in [2.24, 2.45) is 0 Å². The van der Waals surface area contributed by atoms with Crippen LogP contribution in [0.25, 0.3) is 11.3 Å². The first-order chi connectivity index (χ1) is 8.15. The molecule has 17 heavy (non-hydrogen) atoms. The number of hydrogen-bond donors (Lipinski definition) is 1. The second-order valence-electron chi connectivity index (χ2n) is 4.17. The van der Waals surface area contributed by atoms with Crippen molar-refractivity contribution < 1.29 is 0 Å². The maximum atomic E-state index is 6.03. The topological polar surface area (TPSA) is 38.9 Å². The number of anilines is 1. The highest BCUT2D eigenvalue weighted by atomic mass is 79.9. The molecule has 1 fully saturated rings. The van der Waals surface area contributed by atoms with Crippen molar-refractivity contribution in [1.29, 1.82) is 0 Å². The van der Waals surface area contributed by atoms with Crippen LogP contribution in [0.15, 0.2) is 22.7 Å². The summed E-state index contributed by atoms with van der Waals surface area (Å²) in [5.41, 5.74) is 7.93. The zero-order valence-electron chi connectivity index (χ0n) is 8.91. The zero-order chi connectivity index (χ0) is 12.0. The molecule has 1 aromatic carbocycles. The molecule has 88 valence electrons. The summed E-state index contributed by atoms with van der Waals surface area (Å²) in [7, 11) is 0. The van der Waals surface area contributed by atoms with E-state index >= 15 is 0 Å². The fourth-order valence-corrected chi connectivity index (χ4v) is 3.23. The van der Waals surface area contributed by atoms with E-state index in [9.17, 15) is 0 Å². The lowest BCUT2D eigenvalue weighted by Crippen LogP contribution is -1.86. The van der Waals surface area contributed by atoms with E-state index < -0.39 is 0 Å². The van der Waals surface area contributed by atoms with Gasteiger partial charge in [0, 0.05) is 16.0 Å². The van der Waals surface area contributed by atoms with Gasteiger partial charge < -0.3 is 5.73 Å². The van der Waals surface area contributed by atoms with Crippen LogP contribution in [0.5, 0.6) is 0 Å². The summed E-state index contributed by atoms with van der Waals surface area (Å²) >= 11 is 11.0. The predicted molar refractivity (Wildman–Crippen MR) is 76.6 cm³/mol. The molecule has 0 spiro atoms. The second-order valence-corrected chi connectivity index (χ2v) is 6.49. The summed E-state index contributed by atoms with van der Waals surface area (Å²) in [5.74, 6) is 0.645. The van der Waals surface area contributed by atoms with Crippen molar-refractivity contribution in [3.05, 3.63) is 32.7 Å². The molecule has 0 unspecified atom stereocenters. The molecule has 1 aliphatic carbocycles. The van der Waals surface area contributed by atoms with Crippen LogP contribution in [0.1, 0.15) is 23.8 Å². The molecular weight excluding hydrogens is 320 g/mol. The molecule has 0 radical (unpaired) electrons. The van der Waals surface area contributed by atoms with E-state index in [0.29, 0.717) is 10.9 Å². The maximum absolute atomic E-state index is 6.03. The third kappa shape index (κ3) is 2.21. The fourth-order valence-electron chi connectivity index (χ4n) is 1.70. The van der Waals surface area contributed by atoms with Gasteiger partial charge in [-0.3, -0.25) is 0 Å². The van der Waals surface area contributed by atoms with Crippen LogP contribution in [0.2, 0.25) is 5.02 Å². The standard InChI is InChI=1S/C12H10BrClN2S/c13-8-5-7(3-4-9(8)14)10-11(15)17-12(16-10)6-1-2-6/h3-6H,1-2,15H2. The Kier molecular flexibility index (Phi) is 2.89. The number of rotatable bonds is 2. The smallest absolute Gasteiger partial charge is 0.114 e. The van der Waals surface area contributed by atoms with E-state index in [2.05, 4.69) is 20.9 Å². The van der Waals surface area contributed by atoms with Crippen LogP contribution in [-0.4, -0.2) is 4.98 Å². The van der Waals surface area contributed by atoms with Crippen LogP contribution < -0.4 is 5.73 Å². The lowest BCUT2D eigenvalue weighted by molar-refractivity contribution is 1.09.